The van der Waals surface area contributed by atoms with Crippen LogP contribution in [0.5, 0.6) is 0 Å². The molecule has 162 valence electrons. The van der Waals surface area contributed by atoms with Crippen molar-refractivity contribution >= 4 is 32.7 Å². The van der Waals surface area contributed by atoms with Gasteiger partial charge in [0.05, 0.1) is 21.4 Å². The van der Waals surface area contributed by atoms with Crippen molar-refractivity contribution in [3.63, 3.8) is 0 Å². The number of fused-ring (bicyclic) bond motifs is 1. The van der Waals surface area contributed by atoms with Crippen molar-refractivity contribution in [3.8, 4) is 0 Å². The Balaban J connectivity index is 1.46. The molecule has 11 nitrogen and oxygen atoms in total. The summed E-state index contributed by atoms with van der Waals surface area (Å²) >= 11 is 0. The third kappa shape index (κ3) is 3.94. The summed E-state index contributed by atoms with van der Waals surface area (Å²) in [4.78, 5) is 36.8. The Morgan fingerprint density at radius 2 is 1.74 bits per heavy atom. The van der Waals surface area contributed by atoms with E-state index in [4.69, 9.17) is 4.42 Å². The molecule has 4 rings (SSSR count). The Bertz CT molecular complexity index is 1310. The number of benzene rings is 2. The molecule has 1 aliphatic rings. The van der Waals surface area contributed by atoms with Crippen LogP contribution in [0.25, 0.3) is 11.1 Å². The molecule has 2 aromatic carbocycles. The Morgan fingerprint density at radius 3 is 2.39 bits per heavy atom. The molecule has 1 amide bonds. The van der Waals surface area contributed by atoms with Crippen LogP contribution in [-0.4, -0.2) is 59.2 Å². The van der Waals surface area contributed by atoms with Crippen molar-refractivity contribution in [1.82, 2.24) is 13.8 Å². The molecule has 12 heteroatoms. The first-order valence-electron chi connectivity index (χ1n) is 9.38. The maximum Gasteiger partial charge on any atom is 0.420 e. The molecule has 3 aromatic rings. The van der Waals surface area contributed by atoms with Gasteiger partial charge in [0.2, 0.25) is 15.9 Å². The van der Waals surface area contributed by atoms with E-state index in [1.54, 1.807) is 18.2 Å². The minimum absolute atomic E-state index is 0.0192. The highest BCUT2D eigenvalue weighted by Gasteiger charge is 2.30. The normalized spacial score (nSPS) is 15.3. The first-order valence-corrected chi connectivity index (χ1v) is 10.8. The second kappa shape index (κ2) is 7.96. The van der Waals surface area contributed by atoms with Gasteiger partial charge in [0, 0.05) is 32.2 Å². The molecule has 1 fully saturated rings. The number of aromatic nitrogens is 1. The fourth-order valence-corrected chi connectivity index (χ4v) is 4.92. The van der Waals surface area contributed by atoms with E-state index in [-0.39, 0.29) is 60.3 Å². The zero-order chi connectivity index (χ0) is 22.2. The standard InChI is InChI=1S/C19H18N4O7S/c24-18(13-22-16-7-6-14(23(26)27)12-17(16)30-19(22)25)20-8-10-21(11-9-20)31(28,29)15-4-2-1-3-5-15/h1-7,12H,8-11,13H2. The van der Waals surface area contributed by atoms with Crippen LogP contribution in [0.2, 0.25) is 0 Å². The monoisotopic (exact) mass is 446 g/mol. The summed E-state index contributed by atoms with van der Waals surface area (Å²) < 4.78 is 32.9. The van der Waals surface area contributed by atoms with E-state index in [9.17, 15) is 28.1 Å². The van der Waals surface area contributed by atoms with Crippen LogP contribution in [0.3, 0.4) is 0 Å². The predicted molar refractivity (Wildman–Crippen MR) is 109 cm³/mol. The fourth-order valence-electron chi connectivity index (χ4n) is 3.47. The van der Waals surface area contributed by atoms with E-state index in [2.05, 4.69) is 0 Å². The van der Waals surface area contributed by atoms with Crippen LogP contribution in [0.15, 0.2) is 62.6 Å². The summed E-state index contributed by atoms with van der Waals surface area (Å²) in [5.41, 5.74) is 0.0653. The number of hydrogen-bond acceptors (Lipinski definition) is 7. The maximum atomic E-state index is 12.7. The smallest absolute Gasteiger partial charge is 0.407 e. The summed E-state index contributed by atoms with van der Waals surface area (Å²) in [6, 6.07) is 11.8. The van der Waals surface area contributed by atoms with E-state index < -0.39 is 20.7 Å². The number of nitro groups is 1. The van der Waals surface area contributed by atoms with Gasteiger partial charge in [-0.25, -0.2) is 13.2 Å². The molecular weight excluding hydrogens is 428 g/mol. The van der Waals surface area contributed by atoms with Crippen molar-refractivity contribution in [3.05, 3.63) is 69.2 Å². The van der Waals surface area contributed by atoms with Gasteiger partial charge in [-0.2, -0.15) is 4.31 Å². The van der Waals surface area contributed by atoms with Gasteiger partial charge in [-0.05, 0) is 18.2 Å². The van der Waals surface area contributed by atoms with Crippen LogP contribution in [0, 0.1) is 10.1 Å². The SMILES string of the molecule is O=C(Cn1c(=O)oc2cc([N+](=O)[O-])ccc21)N1CCN(S(=O)(=O)c2ccccc2)CC1. The number of nitro benzene ring substituents is 1. The number of carbonyl (C=O) groups excluding carboxylic acids is 1. The summed E-state index contributed by atoms with van der Waals surface area (Å²) in [5.74, 6) is -1.17. The van der Waals surface area contributed by atoms with Crippen LogP contribution in [0.1, 0.15) is 0 Å². The number of rotatable bonds is 5. The van der Waals surface area contributed by atoms with Crippen LogP contribution in [-0.2, 0) is 21.4 Å². The Morgan fingerprint density at radius 1 is 1.06 bits per heavy atom. The molecule has 0 N–H and O–H groups in total. The lowest BCUT2D eigenvalue weighted by atomic mass is 10.3. The van der Waals surface area contributed by atoms with E-state index in [0.29, 0.717) is 0 Å². The quantitative estimate of drug-likeness (QED) is 0.422. The van der Waals surface area contributed by atoms with Gasteiger partial charge in [-0.1, -0.05) is 18.2 Å². The number of sulfonamides is 1. The van der Waals surface area contributed by atoms with Crippen molar-refractivity contribution in [2.45, 2.75) is 11.4 Å². The number of amides is 1. The highest BCUT2D eigenvalue weighted by molar-refractivity contribution is 7.89. The van der Waals surface area contributed by atoms with Crippen molar-refractivity contribution in [1.29, 1.82) is 0 Å². The topological polar surface area (TPSA) is 136 Å². The fraction of sp³-hybridized carbons (Fsp3) is 0.263. The lowest BCUT2D eigenvalue weighted by Crippen LogP contribution is -2.51. The Kier molecular flexibility index (Phi) is 5.33. The first-order chi connectivity index (χ1) is 14.8. The Labute approximate surface area is 176 Å². The van der Waals surface area contributed by atoms with Gasteiger partial charge in [-0.3, -0.25) is 19.5 Å². The predicted octanol–water partition coefficient (Wildman–Crippen LogP) is 1.04. The zero-order valence-corrected chi connectivity index (χ0v) is 17.0. The molecule has 0 radical (unpaired) electrons. The van der Waals surface area contributed by atoms with E-state index in [1.807, 2.05) is 0 Å². The minimum Gasteiger partial charge on any atom is -0.407 e. The average molecular weight is 446 g/mol. The lowest BCUT2D eigenvalue weighted by molar-refractivity contribution is -0.384. The van der Waals surface area contributed by atoms with Crippen molar-refractivity contribution in [2.24, 2.45) is 0 Å². The maximum absolute atomic E-state index is 12.7. The second-order valence-corrected chi connectivity index (χ2v) is 8.90. The summed E-state index contributed by atoms with van der Waals surface area (Å²) in [5, 5.41) is 10.9. The first kappa shape index (κ1) is 20.8. The molecule has 0 unspecified atom stereocenters. The van der Waals surface area contributed by atoms with Crippen LogP contribution in [0.4, 0.5) is 5.69 Å². The largest absolute Gasteiger partial charge is 0.420 e. The van der Waals surface area contributed by atoms with Crippen LogP contribution >= 0.6 is 0 Å². The van der Waals surface area contributed by atoms with Gasteiger partial charge >= 0.3 is 5.76 Å². The third-order valence-electron chi connectivity index (χ3n) is 5.13. The molecule has 2 heterocycles. The van der Waals surface area contributed by atoms with E-state index in [0.717, 1.165) is 10.6 Å². The number of nitrogens with zero attached hydrogens (tertiary/aromatic N) is 4. The van der Waals surface area contributed by atoms with Gasteiger partial charge < -0.3 is 9.32 Å². The van der Waals surface area contributed by atoms with Gasteiger partial charge in [0.15, 0.2) is 5.58 Å². The second-order valence-electron chi connectivity index (χ2n) is 6.96. The summed E-state index contributed by atoms with van der Waals surface area (Å²) in [6.45, 7) is 0.323. The lowest BCUT2D eigenvalue weighted by Gasteiger charge is -2.34. The minimum atomic E-state index is -3.64. The van der Waals surface area contributed by atoms with E-state index >= 15 is 0 Å². The zero-order valence-electron chi connectivity index (χ0n) is 16.2. The molecule has 0 aliphatic carbocycles. The molecule has 0 atom stereocenters. The van der Waals surface area contributed by atoms with Gasteiger partial charge in [0.1, 0.15) is 6.54 Å². The number of oxazole rings is 1. The number of non-ortho nitro benzene ring substituents is 1. The number of carbonyl (C=O) groups is 1. The summed E-state index contributed by atoms with van der Waals surface area (Å²) in [7, 11) is -3.64. The van der Waals surface area contributed by atoms with Crippen LogP contribution < -0.4 is 5.76 Å². The molecule has 0 saturated carbocycles. The molecule has 1 aliphatic heterocycles. The Hall–Kier alpha value is -3.51. The third-order valence-corrected chi connectivity index (χ3v) is 7.04. The molecule has 31 heavy (non-hydrogen) atoms. The molecule has 0 bridgehead atoms. The molecule has 0 spiro atoms. The highest BCUT2D eigenvalue weighted by atomic mass is 32.2. The van der Waals surface area contributed by atoms with Gasteiger partial charge in [0.25, 0.3) is 5.69 Å². The molecule has 1 saturated heterocycles. The summed E-state index contributed by atoms with van der Waals surface area (Å²) in [6.07, 6.45) is 0. The van der Waals surface area contributed by atoms with Crippen molar-refractivity contribution < 1.29 is 22.6 Å². The van der Waals surface area contributed by atoms with Crippen molar-refractivity contribution in [2.75, 3.05) is 26.2 Å². The van der Waals surface area contributed by atoms with Gasteiger partial charge in [-0.15, -0.1) is 0 Å². The van der Waals surface area contributed by atoms with E-state index in [1.165, 1.54) is 33.5 Å². The molecular formula is C19H18N4O7S. The highest BCUT2D eigenvalue weighted by Crippen LogP contribution is 2.21. The number of hydrogen-bond donors (Lipinski definition) is 0. The average Bonchev–Trinajstić information content (AvgIpc) is 3.08. The number of piperazine rings is 1. The molecule has 1 aromatic heterocycles.